The lowest BCUT2D eigenvalue weighted by Gasteiger charge is -2.13. The standard InChI is InChI=1S/C17H9N3O4/c21-15-10-3-1-2-4-11(10)16(22)20(15)24-17(23)12-5-8-19-14-6-7-18-9-13(12)14/h1-9H. The van der Waals surface area contributed by atoms with Crippen molar-refractivity contribution in [3.63, 3.8) is 0 Å². The molecule has 3 heterocycles. The number of carbonyl (C=O) groups excluding carboxylic acids is 3. The van der Waals surface area contributed by atoms with E-state index < -0.39 is 17.8 Å². The summed E-state index contributed by atoms with van der Waals surface area (Å²) in [5, 5.41) is 0.955. The van der Waals surface area contributed by atoms with Crippen molar-refractivity contribution in [2.75, 3.05) is 0 Å². The minimum atomic E-state index is -0.829. The lowest BCUT2D eigenvalue weighted by molar-refractivity contribution is -0.0583. The Morgan fingerprint density at radius 3 is 2.38 bits per heavy atom. The van der Waals surface area contributed by atoms with E-state index >= 15 is 0 Å². The third-order valence-electron chi connectivity index (χ3n) is 3.69. The summed E-state index contributed by atoms with van der Waals surface area (Å²) >= 11 is 0. The van der Waals surface area contributed by atoms with Crippen LogP contribution in [0.15, 0.2) is 55.0 Å². The monoisotopic (exact) mass is 319 g/mol. The molecule has 0 radical (unpaired) electrons. The minimum Gasteiger partial charge on any atom is -0.324 e. The van der Waals surface area contributed by atoms with Gasteiger partial charge in [-0.3, -0.25) is 19.6 Å². The topological polar surface area (TPSA) is 89.5 Å². The largest absolute Gasteiger partial charge is 0.364 e. The average molecular weight is 319 g/mol. The predicted molar refractivity (Wildman–Crippen MR) is 81.9 cm³/mol. The number of benzene rings is 1. The van der Waals surface area contributed by atoms with E-state index in [1.807, 2.05) is 0 Å². The van der Waals surface area contributed by atoms with E-state index in [1.54, 1.807) is 24.4 Å². The summed E-state index contributed by atoms with van der Waals surface area (Å²) < 4.78 is 0. The number of pyridine rings is 2. The molecule has 1 aromatic carbocycles. The summed E-state index contributed by atoms with van der Waals surface area (Å²) in [7, 11) is 0. The van der Waals surface area contributed by atoms with Gasteiger partial charge in [0.2, 0.25) is 0 Å². The van der Waals surface area contributed by atoms with Gasteiger partial charge in [0, 0.05) is 24.0 Å². The van der Waals surface area contributed by atoms with Gasteiger partial charge in [-0.15, -0.1) is 0 Å². The predicted octanol–water partition coefficient (Wildman–Crippen LogP) is 2.00. The van der Waals surface area contributed by atoms with Crippen molar-refractivity contribution in [3.05, 3.63) is 71.7 Å². The Morgan fingerprint density at radius 1 is 0.958 bits per heavy atom. The molecule has 0 bridgehead atoms. The lowest BCUT2D eigenvalue weighted by Crippen LogP contribution is -2.32. The fourth-order valence-electron chi connectivity index (χ4n) is 2.55. The number of aromatic nitrogens is 2. The Balaban J connectivity index is 1.68. The highest BCUT2D eigenvalue weighted by molar-refractivity contribution is 6.21. The fraction of sp³-hybridized carbons (Fsp3) is 0. The first-order valence-corrected chi connectivity index (χ1v) is 7.05. The Morgan fingerprint density at radius 2 is 1.67 bits per heavy atom. The molecule has 0 fully saturated rings. The average Bonchev–Trinajstić information content (AvgIpc) is 2.86. The van der Waals surface area contributed by atoms with Gasteiger partial charge in [0.25, 0.3) is 11.8 Å². The maximum absolute atomic E-state index is 12.4. The molecule has 2 amide bonds. The van der Waals surface area contributed by atoms with Crippen LogP contribution in [0.4, 0.5) is 0 Å². The molecule has 0 spiro atoms. The van der Waals surface area contributed by atoms with E-state index in [0.717, 1.165) is 0 Å². The number of carbonyl (C=O) groups is 3. The van der Waals surface area contributed by atoms with Gasteiger partial charge in [-0.05, 0) is 24.3 Å². The number of nitrogens with zero attached hydrogens (tertiary/aromatic N) is 3. The van der Waals surface area contributed by atoms with E-state index in [0.29, 0.717) is 16.0 Å². The molecule has 24 heavy (non-hydrogen) atoms. The van der Waals surface area contributed by atoms with Crippen LogP contribution in [0.25, 0.3) is 10.9 Å². The summed E-state index contributed by atoms with van der Waals surface area (Å²) in [6.45, 7) is 0. The van der Waals surface area contributed by atoms with Gasteiger partial charge in [-0.25, -0.2) is 4.79 Å². The van der Waals surface area contributed by atoms with E-state index in [4.69, 9.17) is 4.84 Å². The van der Waals surface area contributed by atoms with Gasteiger partial charge < -0.3 is 4.84 Å². The van der Waals surface area contributed by atoms with Crippen molar-refractivity contribution < 1.29 is 19.2 Å². The zero-order valence-corrected chi connectivity index (χ0v) is 12.2. The summed E-state index contributed by atoms with van der Waals surface area (Å²) in [5.74, 6) is -2.16. The molecule has 116 valence electrons. The van der Waals surface area contributed by atoms with Crippen LogP contribution in [0, 0.1) is 0 Å². The molecular formula is C17H9N3O4. The summed E-state index contributed by atoms with van der Waals surface area (Å²) in [5.41, 5.74) is 1.14. The number of hydrogen-bond donors (Lipinski definition) is 0. The van der Waals surface area contributed by atoms with E-state index in [1.165, 1.54) is 30.6 Å². The molecule has 0 unspecified atom stereocenters. The number of fused-ring (bicyclic) bond motifs is 2. The molecule has 3 aromatic rings. The second kappa shape index (κ2) is 5.24. The highest BCUT2D eigenvalue weighted by atomic mass is 16.7. The van der Waals surface area contributed by atoms with Crippen molar-refractivity contribution in [2.24, 2.45) is 0 Å². The summed E-state index contributed by atoms with van der Waals surface area (Å²) in [6.07, 6.45) is 4.47. The van der Waals surface area contributed by atoms with Gasteiger partial charge in [-0.2, -0.15) is 0 Å². The molecular weight excluding hydrogens is 310 g/mol. The number of rotatable bonds is 2. The number of hydroxylamine groups is 2. The third-order valence-corrected chi connectivity index (χ3v) is 3.69. The first-order valence-electron chi connectivity index (χ1n) is 7.05. The molecule has 1 aliphatic heterocycles. The van der Waals surface area contributed by atoms with Gasteiger partial charge >= 0.3 is 5.97 Å². The van der Waals surface area contributed by atoms with Crippen LogP contribution < -0.4 is 0 Å². The fourth-order valence-corrected chi connectivity index (χ4v) is 2.55. The Hall–Kier alpha value is -3.61. The molecule has 0 saturated carbocycles. The zero-order chi connectivity index (χ0) is 16.7. The van der Waals surface area contributed by atoms with Gasteiger partial charge in [0.05, 0.1) is 22.2 Å². The number of imide groups is 1. The maximum Gasteiger partial charge on any atom is 0.364 e. The molecule has 0 atom stereocenters. The van der Waals surface area contributed by atoms with Crippen molar-refractivity contribution in [2.45, 2.75) is 0 Å². The molecule has 0 N–H and O–H groups in total. The Bertz CT molecular complexity index is 975. The van der Waals surface area contributed by atoms with Crippen LogP contribution in [0.5, 0.6) is 0 Å². The number of amides is 2. The molecule has 2 aromatic heterocycles. The smallest absolute Gasteiger partial charge is 0.324 e. The minimum absolute atomic E-state index is 0.171. The Kier molecular flexibility index (Phi) is 3.06. The van der Waals surface area contributed by atoms with Crippen molar-refractivity contribution in [1.82, 2.24) is 15.0 Å². The van der Waals surface area contributed by atoms with Crippen LogP contribution in [0.3, 0.4) is 0 Å². The zero-order valence-electron chi connectivity index (χ0n) is 12.2. The second-order valence-corrected chi connectivity index (χ2v) is 5.08. The SMILES string of the molecule is O=C(ON1C(=O)c2ccccc2C1=O)c1ccnc2ccncc12. The normalized spacial score (nSPS) is 13.2. The van der Waals surface area contributed by atoms with Crippen molar-refractivity contribution in [1.29, 1.82) is 0 Å². The second-order valence-electron chi connectivity index (χ2n) is 5.08. The third kappa shape index (κ3) is 2.03. The number of hydrogen-bond acceptors (Lipinski definition) is 6. The van der Waals surface area contributed by atoms with Crippen LogP contribution in [-0.4, -0.2) is 32.8 Å². The van der Waals surface area contributed by atoms with Crippen LogP contribution in [-0.2, 0) is 4.84 Å². The summed E-state index contributed by atoms with van der Waals surface area (Å²) in [6, 6.07) is 9.39. The van der Waals surface area contributed by atoms with Crippen LogP contribution in [0.1, 0.15) is 31.1 Å². The van der Waals surface area contributed by atoms with Gasteiger partial charge in [-0.1, -0.05) is 17.2 Å². The van der Waals surface area contributed by atoms with Gasteiger partial charge in [0.1, 0.15) is 0 Å². The first-order chi connectivity index (χ1) is 11.7. The van der Waals surface area contributed by atoms with E-state index in [9.17, 15) is 14.4 Å². The van der Waals surface area contributed by atoms with E-state index in [-0.39, 0.29) is 16.7 Å². The quantitative estimate of drug-likeness (QED) is 0.671. The molecule has 0 saturated heterocycles. The van der Waals surface area contributed by atoms with Crippen LogP contribution in [0.2, 0.25) is 0 Å². The molecule has 0 aliphatic carbocycles. The molecule has 4 rings (SSSR count). The van der Waals surface area contributed by atoms with E-state index in [2.05, 4.69) is 9.97 Å². The highest BCUT2D eigenvalue weighted by Crippen LogP contribution is 2.24. The molecule has 7 heteroatoms. The maximum atomic E-state index is 12.4. The van der Waals surface area contributed by atoms with Crippen molar-refractivity contribution in [3.8, 4) is 0 Å². The van der Waals surface area contributed by atoms with Crippen molar-refractivity contribution >= 4 is 28.7 Å². The summed E-state index contributed by atoms with van der Waals surface area (Å²) in [4.78, 5) is 50.0. The Labute approximate surface area is 135 Å². The molecule has 1 aliphatic rings. The van der Waals surface area contributed by atoms with Gasteiger partial charge in [0.15, 0.2) is 0 Å². The first kappa shape index (κ1) is 14.0. The molecule has 7 nitrogen and oxygen atoms in total. The highest BCUT2D eigenvalue weighted by Gasteiger charge is 2.38. The van der Waals surface area contributed by atoms with Crippen LogP contribution >= 0.6 is 0 Å². The lowest BCUT2D eigenvalue weighted by atomic mass is 10.1.